The average molecular weight is 158 g/mol. The smallest absolute Gasteiger partial charge is 0.219 e. The fourth-order valence-corrected chi connectivity index (χ4v) is 1.15. The van der Waals surface area contributed by atoms with E-state index < -0.39 is 0 Å². The molecule has 11 heavy (non-hydrogen) atoms. The van der Waals surface area contributed by atoms with E-state index >= 15 is 0 Å². The molecule has 0 spiro atoms. The van der Waals surface area contributed by atoms with Crippen molar-refractivity contribution < 1.29 is 9.53 Å². The van der Waals surface area contributed by atoms with Crippen LogP contribution in [-0.2, 0) is 9.53 Å². The zero-order valence-corrected chi connectivity index (χ0v) is 6.75. The van der Waals surface area contributed by atoms with Gasteiger partial charge in [0.2, 0.25) is 5.91 Å². The van der Waals surface area contributed by atoms with Gasteiger partial charge in [-0.25, -0.2) is 0 Å². The summed E-state index contributed by atoms with van der Waals surface area (Å²) in [6.45, 7) is 4.02. The van der Waals surface area contributed by atoms with Crippen LogP contribution < -0.4 is 5.73 Å². The molecule has 0 aromatic heterocycles. The molecule has 0 bridgehead atoms. The van der Waals surface area contributed by atoms with Crippen molar-refractivity contribution in [2.24, 2.45) is 5.73 Å². The topological polar surface area (TPSA) is 55.6 Å². The van der Waals surface area contributed by atoms with Gasteiger partial charge in [0.1, 0.15) is 0 Å². The van der Waals surface area contributed by atoms with Crippen molar-refractivity contribution in [3.63, 3.8) is 0 Å². The van der Waals surface area contributed by atoms with E-state index in [2.05, 4.69) is 0 Å². The Bertz CT molecular complexity index is 149. The van der Waals surface area contributed by atoms with Gasteiger partial charge in [0, 0.05) is 26.6 Å². The number of morpholine rings is 1. The van der Waals surface area contributed by atoms with E-state index in [4.69, 9.17) is 10.5 Å². The minimum Gasteiger partial charge on any atom is -0.373 e. The third kappa shape index (κ3) is 2.17. The Morgan fingerprint density at radius 3 is 3.09 bits per heavy atom. The molecule has 1 fully saturated rings. The van der Waals surface area contributed by atoms with E-state index in [1.807, 2.05) is 0 Å². The van der Waals surface area contributed by atoms with Crippen molar-refractivity contribution in [3.8, 4) is 0 Å². The Balaban J connectivity index is 2.39. The fourth-order valence-electron chi connectivity index (χ4n) is 1.15. The Labute approximate surface area is 66.3 Å². The van der Waals surface area contributed by atoms with E-state index in [1.165, 1.54) is 0 Å². The Morgan fingerprint density at radius 2 is 2.55 bits per heavy atom. The van der Waals surface area contributed by atoms with Crippen LogP contribution in [0.3, 0.4) is 0 Å². The molecule has 0 radical (unpaired) electrons. The van der Waals surface area contributed by atoms with Gasteiger partial charge in [-0.2, -0.15) is 0 Å². The van der Waals surface area contributed by atoms with Gasteiger partial charge >= 0.3 is 0 Å². The van der Waals surface area contributed by atoms with Gasteiger partial charge in [0.15, 0.2) is 0 Å². The summed E-state index contributed by atoms with van der Waals surface area (Å²) in [5.41, 5.74) is 5.40. The van der Waals surface area contributed by atoms with Crippen molar-refractivity contribution in [2.75, 3.05) is 26.2 Å². The molecule has 1 saturated heterocycles. The van der Waals surface area contributed by atoms with E-state index in [1.54, 1.807) is 11.8 Å². The lowest BCUT2D eigenvalue weighted by Crippen LogP contribution is -2.47. The lowest BCUT2D eigenvalue weighted by atomic mass is 10.3. The van der Waals surface area contributed by atoms with Crippen LogP contribution in [-0.4, -0.2) is 43.2 Å². The summed E-state index contributed by atoms with van der Waals surface area (Å²) in [4.78, 5) is 12.7. The normalized spacial score (nSPS) is 25.3. The van der Waals surface area contributed by atoms with Gasteiger partial charge in [-0.05, 0) is 0 Å². The number of hydrogen-bond acceptors (Lipinski definition) is 3. The highest BCUT2D eigenvalue weighted by Gasteiger charge is 2.20. The maximum Gasteiger partial charge on any atom is 0.219 e. The molecule has 1 amide bonds. The molecule has 1 unspecified atom stereocenters. The summed E-state index contributed by atoms with van der Waals surface area (Å²) >= 11 is 0. The minimum absolute atomic E-state index is 0.0349. The van der Waals surface area contributed by atoms with Crippen LogP contribution in [0.4, 0.5) is 0 Å². The lowest BCUT2D eigenvalue weighted by Gasteiger charge is -2.31. The molecule has 0 saturated carbocycles. The summed E-state index contributed by atoms with van der Waals surface area (Å²) in [5, 5.41) is 0. The van der Waals surface area contributed by atoms with Gasteiger partial charge in [0.05, 0.1) is 12.7 Å². The van der Waals surface area contributed by atoms with Gasteiger partial charge in [0.25, 0.3) is 0 Å². The Morgan fingerprint density at radius 1 is 1.82 bits per heavy atom. The van der Waals surface area contributed by atoms with Crippen LogP contribution in [0.15, 0.2) is 0 Å². The van der Waals surface area contributed by atoms with Crippen molar-refractivity contribution in [1.82, 2.24) is 4.90 Å². The number of carbonyl (C=O) groups is 1. The Hall–Kier alpha value is -0.610. The molecular weight excluding hydrogens is 144 g/mol. The number of nitrogens with zero attached hydrogens (tertiary/aromatic N) is 1. The first kappa shape index (κ1) is 8.49. The first-order valence-electron chi connectivity index (χ1n) is 3.81. The van der Waals surface area contributed by atoms with Gasteiger partial charge in [-0.3, -0.25) is 4.79 Å². The summed E-state index contributed by atoms with van der Waals surface area (Å²) in [6, 6.07) is 0. The third-order valence-corrected chi connectivity index (χ3v) is 1.85. The molecule has 0 aromatic carbocycles. The molecule has 1 aliphatic rings. The second-order valence-corrected chi connectivity index (χ2v) is 2.69. The number of ether oxygens (including phenoxy) is 1. The molecule has 4 heteroatoms. The van der Waals surface area contributed by atoms with Gasteiger partial charge < -0.3 is 15.4 Å². The fraction of sp³-hybridized carbons (Fsp3) is 0.857. The molecule has 4 nitrogen and oxygen atoms in total. The summed E-state index contributed by atoms with van der Waals surface area (Å²) in [7, 11) is 0. The second kappa shape index (κ2) is 3.69. The molecule has 1 heterocycles. The highest BCUT2D eigenvalue weighted by atomic mass is 16.5. The minimum atomic E-state index is 0.0349. The number of hydrogen-bond donors (Lipinski definition) is 1. The van der Waals surface area contributed by atoms with Crippen LogP contribution in [0.5, 0.6) is 0 Å². The van der Waals surface area contributed by atoms with Gasteiger partial charge in [-0.1, -0.05) is 0 Å². The predicted octanol–water partition coefficient (Wildman–Crippen LogP) is -0.808. The lowest BCUT2D eigenvalue weighted by molar-refractivity contribution is -0.135. The molecule has 0 aliphatic carbocycles. The van der Waals surface area contributed by atoms with Crippen molar-refractivity contribution in [1.29, 1.82) is 0 Å². The number of carbonyl (C=O) groups excluding carboxylic acids is 1. The molecule has 1 atom stereocenters. The standard InChI is InChI=1S/C7H14N2O2/c1-6(10)9-2-3-11-7(4-8)5-9/h7H,2-5,8H2,1H3. The van der Waals surface area contributed by atoms with Crippen LogP contribution >= 0.6 is 0 Å². The van der Waals surface area contributed by atoms with Crippen molar-refractivity contribution >= 4 is 5.91 Å². The number of rotatable bonds is 1. The highest BCUT2D eigenvalue weighted by molar-refractivity contribution is 5.73. The average Bonchev–Trinajstić information content (AvgIpc) is 2.05. The van der Waals surface area contributed by atoms with Gasteiger partial charge in [-0.15, -0.1) is 0 Å². The van der Waals surface area contributed by atoms with Crippen LogP contribution in [0.25, 0.3) is 0 Å². The predicted molar refractivity (Wildman–Crippen MR) is 41.0 cm³/mol. The molecule has 1 aliphatic heterocycles. The molecule has 1 rings (SSSR count). The summed E-state index contributed by atoms with van der Waals surface area (Å²) in [5.74, 6) is 0.103. The molecule has 64 valence electrons. The maximum absolute atomic E-state index is 10.9. The van der Waals surface area contributed by atoms with E-state index in [-0.39, 0.29) is 12.0 Å². The highest BCUT2D eigenvalue weighted by Crippen LogP contribution is 2.03. The zero-order chi connectivity index (χ0) is 8.27. The first-order chi connectivity index (χ1) is 5.24. The summed E-state index contributed by atoms with van der Waals surface area (Å²) < 4.78 is 5.29. The van der Waals surface area contributed by atoms with Crippen molar-refractivity contribution in [3.05, 3.63) is 0 Å². The second-order valence-electron chi connectivity index (χ2n) is 2.69. The SMILES string of the molecule is CC(=O)N1CCOC(CN)C1. The zero-order valence-electron chi connectivity index (χ0n) is 6.75. The van der Waals surface area contributed by atoms with E-state index in [0.29, 0.717) is 26.2 Å². The Kier molecular flexibility index (Phi) is 2.84. The molecule has 2 N–H and O–H groups in total. The molecular formula is C7H14N2O2. The number of amides is 1. The first-order valence-corrected chi connectivity index (χ1v) is 3.81. The maximum atomic E-state index is 10.9. The largest absolute Gasteiger partial charge is 0.373 e. The van der Waals surface area contributed by atoms with Crippen molar-refractivity contribution in [2.45, 2.75) is 13.0 Å². The number of nitrogens with two attached hydrogens (primary N) is 1. The molecule has 0 aromatic rings. The van der Waals surface area contributed by atoms with E-state index in [0.717, 1.165) is 0 Å². The van der Waals surface area contributed by atoms with E-state index in [9.17, 15) is 4.79 Å². The quantitative estimate of drug-likeness (QED) is 0.543. The van der Waals surface area contributed by atoms with Crippen LogP contribution in [0.2, 0.25) is 0 Å². The third-order valence-electron chi connectivity index (χ3n) is 1.85. The van der Waals surface area contributed by atoms with Crippen LogP contribution in [0, 0.1) is 0 Å². The summed E-state index contributed by atoms with van der Waals surface area (Å²) in [6.07, 6.45) is 0.0349. The monoisotopic (exact) mass is 158 g/mol. The van der Waals surface area contributed by atoms with Crippen LogP contribution in [0.1, 0.15) is 6.92 Å².